The van der Waals surface area contributed by atoms with E-state index in [0.29, 0.717) is 28.4 Å². The fourth-order valence-corrected chi connectivity index (χ4v) is 5.08. The Bertz CT molecular complexity index is 1330. The fraction of sp³-hybridized carbons (Fsp3) is 0.160. The van der Waals surface area contributed by atoms with E-state index in [1.165, 1.54) is 11.1 Å². The molecule has 0 saturated heterocycles. The van der Waals surface area contributed by atoms with Gasteiger partial charge in [-0.15, -0.1) is 11.3 Å². The zero-order valence-electron chi connectivity index (χ0n) is 18.1. The molecule has 8 heteroatoms. The molecule has 1 N–H and O–H groups in total. The summed E-state index contributed by atoms with van der Waals surface area (Å²) >= 11 is 13.5. The lowest BCUT2D eigenvalue weighted by atomic mass is 9.94. The quantitative estimate of drug-likeness (QED) is 0.316. The Kier molecular flexibility index (Phi) is 6.01. The topological polar surface area (TPSA) is 54.2 Å². The number of hydrogen-bond acceptors (Lipinski definition) is 5. The summed E-state index contributed by atoms with van der Waals surface area (Å²) in [7, 11) is 0. The normalized spacial score (nSPS) is 16.3. The number of aryl methyl sites for hydroxylation is 1. The van der Waals surface area contributed by atoms with Crippen molar-refractivity contribution in [1.82, 2.24) is 20.4 Å². The number of thiophene rings is 1. The van der Waals surface area contributed by atoms with E-state index in [-0.39, 0.29) is 6.04 Å². The summed E-state index contributed by atoms with van der Waals surface area (Å²) in [6.45, 7) is 4.78. The van der Waals surface area contributed by atoms with Crippen molar-refractivity contribution in [2.45, 2.75) is 26.4 Å². The highest BCUT2D eigenvalue weighted by Crippen LogP contribution is 2.38. The lowest BCUT2D eigenvalue weighted by Gasteiger charge is -2.37. The number of aromatic nitrogens is 2. The Labute approximate surface area is 206 Å². The first-order chi connectivity index (χ1) is 16.0. The highest BCUT2D eigenvalue weighted by atomic mass is 35.5. The van der Waals surface area contributed by atoms with Gasteiger partial charge in [-0.05, 0) is 60.8 Å². The lowest BCUT2D eigenvalue weighted by molar-refractivity contribution is 0.396. The van der Waals surface area contributed by atoms with Crippen LogP contribution in [0.25, 0.3) is 16.3 Å². The molecule has 0 saturated carbocycles. The lowest BCUT2D eigenvalue weighted by Crippen LogP contribution is -2.45. The largest absolute Gasteiger partial charge is 0.351 e. The molecule has 0 aliphatic carbocycles. The maximum absolute atomic E-state index is 6.14. The molecule has 0 fully saturated rings. The van der Waals surface area contributed by atoms with Crippen molar-refractivity contribution in [3.63, 3.8) is 0 Å². The van der Waals surface area contributed by atoms with E-state index >= 15 is 0 Å². The third-order valence-electron chi connectivity index (χ3n) is 5.62. The maximum Gasteiger partial charge on any atom is 0.258 e. The van der Waals surface area contributed by atoms with Crippen LogP contribution >= 0.6 is 35.2 Å². The van der Waals surface area contributed by atoms with E-state index < -0.39 is 0 Å². The Hall–Kier alpha value is -3.00. The third kappa shape index (κ3) is 4.44. The van der Waals surface area contributed by atoms with Gasteiger partial charge in [-0.25, -0.2) is 0 Å². The van der Waals surface area contributed by atoms with E-state index in [0.717, 1.165) is 21.7 Å². The predicted molar refractivity (Wildman–Crippen MR) is 137 cm³/mol. The summed E-state index contributed by atoms with van der Waals surface area (Å²) < 4.78 is 5.78. The zero-order valence-corrected chi connectivity index (χ0v) is 20.5. The molecule has 166 valence electrons. The second-order valence-electron chi connectivity index (χ2n) is 7.91. The number of nitrogens with one attached hydrogen (secondary N) is 1. The summed E-state index contributed by atoms with van der Waals surface area (Å²) in [6.07, 6.45) is 0. The van der Waals surface area contributed by atoms with Crippen molar-refractivity contribution < 1.29 is 4.52 Å². The minimum atomic E-state index is -0.236. The number of hydrogen-bond donors (Lipinski definition) is 1. The van der Waals surface area contributed by atoms with Crippen LogP contribution in [0.1, 0.15) is 35.5 Å². The molecular weight excluding hydrogens is 472 g/mol. The third-order valence-corrected chi connectivity index (χ3v) is 7.08. The molecule has 1 unspecified atom stereocenters. The summed E-state index contributed by atoms with van der Waals surface area (Å²) in [5, 5.41) is 11.1. The van der Waals surface area contributed by atoms with Gasteiger partial charge in [0, 0.05) is 17.3 Å². The first kappa shape index (κ1) is 21.8. The molecule has 0 radical (unpaired) electrons. The molecule has 1 atom stereocenters. The molecule has 33 heavy (non-hydrogen) atoms. The number of rotatable bonds is 5. The van der Waals surface area contributed by atoms with Gasteiger partial charge in [-0.3, -0.25) is 0 Å². The first-order valence-corrected chi connectivity index (χ1v) is 12.1. The van der Waals surface area contributed by atoms with Crippen molar-refractivity contribution >= 4 is 45.8 Å². The van der Waals surface area contributed by atoms with Gasteiger partial charge >= 0.3 is 0 Å². The van der Waals surface area contributed by atoms with Crippen LogP contribution in [-0.2, 0) is 6.54 Å². The van der Waals surface area contributed by atoms with Crippen molar-refractivity contribution in [1.29, 1.82) is 0 Å². The van der Waals surface area contributed by atoms with Crippen LogP contribution in [0.3, 0.4) is 0 Å². The van der Waals surface area contributed by atoms with Gasteiger partial charge in [0.05, 0.1) is 16.5 Å². The van der Waals surface area contributed by atoms with E-state index in [9.17, 15) is 0 Å². The molecule has 5 nitrogen and oxygen atoms in total. The van der Waals surface area contributed by atoms with Crippen LogP contribution in [0, 0.1) is 6.92 Å². The average molecular weight is 493 g/mol. The van der Waals surface area contributed by atoms with Gasteiger partial charge in [0.15, 0.2) is 5.11 Å². The van der Waals surface area contributed by atoms with Crippen LogP contribution < -0.4 is 5.32 Å². The monoisotopic (exact) mass is 492 g/mol. The summed E-state index contributed by atoms with van der Waals surface area (Å²) in [5.41, 5.74) is 5.27. The van der Waals surface area contributed by atoms with Gasteiger partial charge < -0.3 is 14.7 Å². The Morgan fingerprint density at radius 2 is 1.94 bits per heavy atom. The minimum absolute atomic E-state index is 0.236. The maximum atomic E-state index is 6.14. The second-order valence-corrected chi connectivity index (χ2v) is 9.68. The van der Waals surface area contributed by atoms with Crippen LogP contribution in [-0.4, -0.2) is 20.2 Å². The van der Waals surface area contributed by atoms with Crippen molar-refractivity contribution in [3.05, 3.63) is 99.3 Å². The van der Waals surface area contributed by atoms with Crippen LogP contribution in [0.15, 0.2) is 76.3 Å². The molecule has 1 aliphatic rings. The number of allylic oxidation sites excluding steroid dienone is 1. The molecule has 4 aromatic rings. The molecule has 1 aliphatic heterocycles. The molecule has 2 aromatic heterocycles. The number of thiocarbonyl (C=S) groups is 1. The molecule has 0 amide bonds. The standard InChI is InChI=1S/C25H21ClN4OS2/c1-15-5-3-6-17(13-15)14-30-16(2)21(24-28-23(29-31-24)20-7-4-12-33-20)22(27-25(30)32)18-8-10-19(26)11-9-18/h3-13,22H,14H2,1-2H3,(H,27,32). The van der Waals surface area contributed by atoms with Crippen molar-refractivity contribution in [2.24, 2.45) is 0 Å². The number of halogens is 1. The average Bonchev–Trinajstić information content (AvgIpc) is 3.49. The van der Waals surface area contributed by atoms with E-state index in [1.807, 2.05) is 41.8 Å². The van der Waals surface area contributed by atoms with Gasteiger partial charge in [-0.1, -0.05) is 64.8 Å². The van der Waals surface area contributed by atoms with Crippen LogP contribution in [0.5, 0.6) is 0 Å². The first-order valence-electron chi connectivity index (χ1n) is 10.5. The molecular formula is C25H21ClN4OS2. The highest BCUT2D eigenvalue weighted by molar-refractivity contribution is 7.80. The Morgan fingerprint density at radius 1 is 1.12 bits per heavy atom. The van der Waals surface area contributed by atoms with Crippen molar-refractivity contribution in [2.75, 3.05) is 0 Å². The predicted octanol–water partition coefficient (Wildman–Crippen LogP) is 6.62. The zero-order chi connectivity index (χ0) is 22.9. The van der Waals surface area contributed by atoms with Crippen molar-refractivity contribution in [3.8, 4) is 10.7 Å². The summed E-state index contributed by atoms with van der Waals surface area (Å²) in [5.74, 6) is 1.05. The van der Waals surface area contributed by atoms with Crippen LogP contribution in [0.2, 0.25) is 5.02 Å². The fourth-order valence-electron chi connectivity index (χ4n) is 3.99. The Morgan fingerprint density at radius 3 is 2.67 bits per heavy atom. The van der Waals surface area contributed by atoms with Gasteiger partial charge in [0.1, 0.15) is 0 Å². The van der Waals surface area contributed by atoms with Gasteiger partial charge in [0.25, 0.3) is 5.89 Å². The molecule has 0 bridgehead atoms. The van der Waals surface area contributed by atoms with Gasteiger partial charge in [-0.2, -0.15) is 4.98 Å². The van der Waals surface area contributed by atoms with E-state index in [1.54, 1.807) is 11.3 Å². The SMILES string of the molecule is CC1=C(c2nc(-c3cccs3)no2)C(c2ccc(Cl)cc2)NC(=S)N1Cc1cccc(C)c1. The number of nitrogens with zero attached hydrogens (tertiary/aromatic N) is 3. The van der Waals surface area contributed by atoms with E-state index in [4.69, 9.17) is 33.3 Å². The highest BCUT2D eigenvalue weighted by Gasteiger charge is 2.34. The smallest absolute Gasteiger partial charge is 0.258 e. The summed E-state index contributed by atoms with van der Waals surface area (Å²) in [4.78, 5) is 7.78. The molecule has 0 spiro atoms. The molecule has 2 aromatic carbocycles. The van der Waals surface area contributed by atoms with Crippen LogP contribution in [0.4, 0.5) is 0 Å². The Balaban J connectivity index is 1.60. The summed E-state index contributed by atoms with van der Waals surface area (Å²) in [6, 6.07) is 19.9. The molecule has 5 rings (SSSR count). The number of benzene rings is 2. The minimum Gasteiger partial charge on any atom is -0.351 e. The second kappa shape index (κ2) is 9.09. The molecule has 3 heterocycles. The van der Waals surface area contributed by atoms with Gasteiger partial charge in [0.2, 0.25) is 5.82 Å². The van der Waals surface area contributed by atoms with E-state index in [2.05, 4.69) is 53.5 Å².